The number of aromatic nitrogens is 1. The van der Waals surface area contributed by atoms with E-state index >= 15 is 0 Å². The molecule has 1 unspecified atom stereocenters. The van der Waals surface area contributed by atoms with E-state index in [1.54, 1.807) is 0 Å². The van der Waals surface area contributed by atoms with Gasteiger partial charge in [-0.3, -0.25) is 9.69 Å². The van der Waals surface area contributed by atoms with E-state index in [1.165, 1.54) is 0 Å². The summed E-state index contributed by atoms with van der Waals surface area (Å²) in [6, 6.07) is 0.177. The van der Waals surface area contributed by atoms with Crippen molar-refractivity contribution in [3.63, 3.8) is 0 Å². The van der Waals surface area contributed by atoms with Crippen molar-refractivity contribution < 1.29 is 4.79 Å². The van der Waals surface area contributed by atoms with Gasteiger partial charge in [0.1, 0.15) is 0 Å². The first-order valence-corrected chi connectivity index (χ1v) is 7.29. The van der Waals surface area contributed by atoms with Crippen molar-refractivity contribution in [1.82, 2.24) is 9.88 Å². The van der Waals surface area contributed by atoms with E-state index in [1.807, 2.05) is 21.0 Å². The van der Waals surface area contributed by atoms with E-state index < -0.39 is 0 Å². The number of rotatable bonds is 3. The van der Waals surface area contributed by atoms with Gasteiger partial charge in [-0.15, -0.1) is 0 Å². The van der Waals surface area contributed by atoms with E-state index in [0.29, 0.717) is 0 Å². The summed E-state index contributed by atoms with van der Waals surface area (Å²) in [5, 5.41) is 2.00. The summed E-state index contributed by atoms with van der Waals surface area (Å²) in [4.78, 5) is 16.7. The second-order valence-electron chi connectivity index (χ2n) is 5.65. The summed E-state index contributed by atoms with van der Waals surface area (Å²) in [7, 11) is 4.05. The number of nitrogens with two attached hydrogens (primary N) is 1. The van der Waals surface area contributed by atoms with Gasteiger partial charge in [0.05, 0.1) is 10.9 Å². The number of H-pyrrole nitrogens is 1. The quantitative estimate of drug-likeness (QED) is 0.801. The molecule has 3 N–H and O–H groups in total. The average molecular weight is 303 g/mol. The zero-order valence-electron chi connectivity index (χ0n) is 12.9. The lowest BCUT2D eigenvalue weighted by molar-refractivity contribution is -0.117. The van der Waals surface area contributed by atoms with Crippen LogP contribution < -0.4 is 16.3 Å². The van der Waals surface area contributed by atoms with Crippen molar-refractivity contribution >= 4 is 29.8 Å². The number of pyridine rings is 1. The largest absolute Gasteiger partial charge is 0.369 e. The van der Waals surface area contributed by atoms with Crippen molar-refractivity contribution in [2.75, 3.05) is 14.1 Å². The summed E-state index contributed by atoms with van der Waals surface area (Å²) < 4.78 is 0.790. The smallest absolute Gasteiger partial charge is 0.223 e. The molecule has 21 heavy (non-hydrogen) atoms. The highest BCUT2D eigenvalue weighted by molar-refractivity contribution is 7.71. The van der Waals surface area contributed by atoms with Crippen LogP contribution in [-0.4, -0.2) is 35.9 Å². The number of nitrogens with zero attached hydrogens (tertiary/aromatic N) is 1. The van der Waals surface area contributed by atoms with E-state index in [9.17, 15) is 4.79 Å². The van der Waals surface area contributed by atoms with Gasteiger partial charge in [0.2, 0.25) is 5.91 Å². The lowest BCUT2D eigenvalue weighted by atomic mass is 10.1. The molecule has 4 nitrogen and oxygen atoms in total. The number of hydrogen-bond acceptors (Lipinski definition) is 3. The molecular formula is C16H21N3OS. The van der Waals surface area contributed by atoms with Gasteiger partial charge in [0, 0.05) is 22.3 Å². The molecule has 5 heteroatoms. The van der Waals surface area contributed by atoms with Gasteiger partial charge in [-0.1, -0.05) is 24.4 Å². The zero-order valence-corrected chi connectivity index (χ0v) is 13.7. The molecule has 112 valence electrons. The Labute approximate surface area is 129 Å². The second kappa shape index (κ2) is 5.95. The summed E-state index contributed by atoms with van der Waals surface area (Å²) in [6.07, 6.45) is 6.54. The highest BCUT2D eigenvalue weighted by Crippen LogP contribution is 2.08. The molecule has 0 aliphatic heterocycles. The predicted octanol–water partition coefficient (Wildman–Crippen LogP) is 0.532. The number of nitrogens with one attached hydrogen (secondary N) is 1. The molecule has 0 spiro atoms. The number of primary amides is 1. The molecular weight excluding hydrogens is 282 g/mol. The lowest BCUT2D eigenvalue weighted by Gasteiger charge is -2.16. The van der Waals surface area contributed by atoms with Crippen LogP contribution in [0.4, 0.5) is 0 Å². The topological polar surface area (TPSA) is 62.1 Å². The summed E-state index contributed by atoms with van der Waals surface area (Å²) in [5.41, 5.74) is 8.17. The Hall–Kier alpha value is -1.72. The SMILES string of the molecule is CC1=c2c([nH]c(CC(N)=O)c(C)c2=S)=CC(N(C)C)C=C1. The Bertz CT molecular complexity index is 787. The minimum absolute atomic E-state index is 0.176. The van der Waals surface area contributed by atoms with Gasteiger partial charge >= 0.3 is 0 Å². The van der Waals surface area contributed by atoms with Crippen LogP contribution in [0.2, 0.25) is 0 Å². The number of carbonyl (C=O) groups excluding carboxylic acids is 1. The molecule has 1 atom stereocenters. The third-order valence-electron chi connectivity index (χ3n) is 3.80. The van der Waals surface area contributed by atoms with E-state index in [2.05, 4.69) is 35.0 Å². The molecule has 0 saturated carbocycles. The third-order valence-corrected chi connectivity index (χ3v) is 4.31. The molecule has 1 aliphatic carbocycles. The molecule has 0 radical (unpaired) electrons. The van der Waals surface area contributed by atoms with Gasteiger partial charge in [0.15, 0.2) is 0 Å². The Kier molecular flexibility index (Phi) is 4.44. The Morgan fingerprint density at radius 3 is 2.67 bits per heavy atom. The Morgan fingerprint density at radius 1 is 1.43 bits per heavy atom. The van der Waals surface area contributed by atoms with Crippen LogP contribution in [-0.2, 0) is 11.2 Å². The minimum atomic E-state index is -0.361. The molecule has 0 saturated heterocycles. The number of fused-ring (bicyclic) bond motifs is 1. The third kappa shape index (κ3) is 3.14. The van der Waals surface area contributed by atoms with Crippen molar-refractivity contribution in [3.8, 4) is 0 Å². The van der Waals surface area contributed by atoms with Crippen molar-refractivity contribution in [2.24, 2.45) is 5.73 Å². The molecule has 1 aliphatic rings. The zero-order chi connectivity index (χ0) is 15.7. The van der Waals surface area contributed by atoms with Crippen LogP contribution in [0.3, 0.4) is 0 Å². The number of likely N-dealkylation sites (N-methyl/N-ethyl adjacent to an activating group) is 1. The molecule has 0 fully saturated rings. The summed E-state index contributed by atoms with van der Waals surface area (Å²) in [6.45, 7) is 3.99. The summed E-state index contributed by atoms with van der Waals surface area (Å²) >= 11 is 5.60. The fourth-order valence-corrected chi connectivity index (χ4v) is 2.90. The van der Waals surface area contributed by atoms with Gasteiger partial charge in [-0.05, 0) is 45.2 Å². The van der Waals surface area contributed by atoms with E-state index in [-0.39, 0.29) is 18.4 Å². The standard InChI is InChI=1S/C16H21N3OS/c1-9-5-6-11(19(3)4)7-13-15(9)16(21)10(2)12(18-13)8-14(17)20/h5-7,11,18H,8H2,1-4H3,(H2,17,20). The van der Waals surface area contributed by atoms with Gasteiger partial charge in [-0.2, -0.15) is 0 Å². The fraction of sp³-hybridized carbons (Fsp3) is 0.375. The van der Waals surface area contributed by atoms with E-state index in [4.69, 9.17) is 18.0 Å². The normalized spacial score (nSPS) is 17.4. The van der Waals surface area contributed by atoms with Gasteiger partial charge in [0.25, 0.3) is 0 Å². The average Bonchev–Trinajstić information content (AvgIpc) is 2.54. The maximum atomic E-state index is 11.2. The predicted molar refractivity (Wildman–Crippen MR) is 88.7 cm³/mol. The molecule has 0 bridgehead atoms. The van der Waals surface area contributed by atoms with Crippen molar-refractivity contribution in [1.29, 1.82) is 0 Å². The van der Waals surface area contributed by atoms with Crippen LogP contribution in [0.1, 0.15) is 18.2 Å². The fourth-order valence-electron chi connectivity index (χ4n) is 2.51. The Morgan fingerprint density at radius 2 is 2.10 bits per heavy atom. The number of aromatic amines is 1. The molecule has 0 aromatic carbocycles. The molecule has 1 aromatic rings. The maximum absolute atomic E-state index is 11.2. The Balaban J connectivity index is 2.82. The van der Waals surface area contributed by atoms with E-state index in [0.717, 1.165) is 31.9 Å². The lowest BCUT2D eigenvalue weighted by Crippen LogP contribution is -2.36. The highest BCUT2D eigenvalue weighted by atomic mass is 32.1. The maximum Gasteiger partial charge on any atom is 0.223 e. The van der Waals surface area contributed by atoms with Crippen LogP contribution >= 0.6 is 12.2 Å². The van der Waals surface area contributed by atoms with Crippen LogP contribution in [0.5, 0.6) is 0 Å². The molecule has 1 aromatic heterocycles. The highest BCUT2D eigenvalue weighted by Gasteiger charge is 2.11. The second-order valence-corrected chi connectivity index (χ2v) is 6.06. The molecule has 1 amide bonds. The van der Waals surface area contributed by atoms with Crippen molar-refractivity contribution in [3.05, 3.63) is 38.5 Å². The molecule has 2 rings (SSSR count). The first kappa shape index (κ1) is 15.7. The van der Waals surface area contributed by atoms with Gasteiger partial charge in [-0.25, -0.2) is 0 Å². The molecule has 1 heterocycles. The monoisotopic (exact) mass is 303 g/mol. The van der Waals surface area contributed by atoms with Gasteiger partial charge < -0.3 is 10.7 Å². The van der Waals surface area contributed by atoms with Crippen LogP contribution in [0, 0.1) is 11.4 Å². The first-order valence-electron chi connectivity index (χ1n) is 6.88. The van der Waals surface area contributed by atoms with Crippen LogP contribution in [0.15, 0.2) is 12.2 Å². The number of allylic oxidation sites excluding steroid dienone is 1. The number of carbonyl (C=O) groups is 1. The van der Waals surface area contributed by atoms with Crippen molar-refractivity contribution in [2.45, 2.75) is 26.3 Å². The van der Waals surface area contributed by atoms with Crippen LogP contribution in [0.25, 0.3) is 11.6 Å². The summed E-state index contributed by atoms with van der Waals surface area (Å²) in [5.74, 6) is -0.361. The number of amides is 1. The number of hydrogen-bond donors (Lipinski definition) is 2. The first-order chi connectivity index (χ1) is 9.81. The minimum Gasteiger partial charge on any atom is -0.369 e.